The maximum absolute atomic E-state index is 11.3. The fourth-order valence-corrected chi connectivity index (χ4v) is 2.38. The van der Waals surface area contributed by atoms with E-state index in [2.05, 4.69) is 0 Å². The third-order valence-corrected chi connectivity index (χ3v) is 3.94. The number of hydrogen-bond acceptors (Lipinski definition) is 4. The Bertz CT molecular complexity index is 521. The Kier molecular flexibility index (Phi) is 6.25. The molecule has 1 aromatic carbocycles. The molecule has 0 spiro atoms. The molecule has 21 heavy (non-hydrogen) atoms. The molecule has 1 aromatic rings. The molecule has 0 fully saturated rings. The second kappa shape index (κ2) is 7.29. The summed E-state index contributed by atoms with van der Waals surface area (Å²) in [5, 5.41) is 11.8. The molecule has 0 aliphatic heterocycles. The van der Waals surface area contributed by atoms with Crippen molar-refractivity contribution < 1.29 is 4.92 Å². The van der Waals surface area contributed by atoms with Gasteiger partial charge < -0.3 is 10.6 Å². The van der Waals surface area contributed by atoms with Crippen molar-refractivity contribution in [3.63, 3.8) is 0 Å². The Morgan fingerprint density at radius 3 is 2.38 bits per heavy atom. The summed E-state index contributed by atoms with van der Waals surface area (Å²) in [6.45, 7) is 7.85. The minimum absolute atomic E-state index is 0.0364. The smallest absolute Gasteiger partial charge is 0.294 e. The summed E-state index contributed by atoms with van der Waals surface area (Å²) in [6.07, 6.45) is 0.859. The van der Waals surface area contributed by atoms with Crippen molar-refractivity contribution in [1.82, 2.24) is 0 Å². The zero-order valence-corrected chi connectivity index (χ0v) is 14.0. The van der Waals surface area contributed by atoms with E-state index in [1.54, 1.807) is 6.07 Å². The normalized spacial score (nSPS) is 11.5. The first kappa shape index (κ1) is 18.0. The van der Waals surface area contributed by atoms with E-state index < -0.39 is 4.92 Å². The molecule has 0 saturated carbocycles. The van der Waals surface area contributed by atoms with E-state index in [4.69, 9.17) is 28.9 Å². The number of nitrogens with two attached hydrogens (primary N) is 1. The van der Waals surface area contributed by atoms with Gasteiger partial charge in [0.25, 0.3) is 5.69 Å². The molecule has 0 saturated heterocycles. The first-order valence-electron chi connectivity index (χ1n) is 6.80. The van der Waals surface area contributed by atoms with Crippen molar-refractivity contribution >= 4 is 34.6 Å². The standard InChI is InChI=1S/C14H21Cl2N3O2/c1-4-5-18(9-14(2,3)8-17)12-6-10(15)11(16)7-13(12)19(20)21/h6-7H,4-5,8-9,17H2,1-3H3. The number of nitro benzene ring substituents is 1. The Labute approximate surface area is 135 Å². The summed E-state index contributed by atoms with van der Waals surface area (Å²) in [4.78, 5) is 12.8. The highest BCUT2D eigenvalue weighted by Gasteiger charge is 2.26. The van der Waals surface area contributed by atoms with Gasteiger partial charge in [-0.25, -0.2) is 0 Å². The van der Waals surface area contributed by atoms with Gasteiger partial charge in [-0.3, -0.25) is 10.1 Å². The number of anilines is 1. The van der Waals surface area contributed by atoms with Crippen LogP contribution in [0.2, 0.25) is 10.0 Å². The molecule has 0 aliphatic rings. The van der Waals surface area contributed by atoms with Gasteiger partial charge in [-0.05, 0) is 24.4 Å². The summed E-state index contributed by atoms with van der Waals surface area (Å²) in [5.74, 6) is 0. The van der Waals surface area contributed by atoms with Crippen LogP contribution in [0.3, 0.4) is 0 Å². The van der Waals surface area contributed by atoms with Gasteiger partial charge in [-0.15, -0.1) is 0 Å². The van der Waals surface area contributed by atoms with Gasteiger partial charge in [-0.1, -0.05) is 44.0 Å². The van der Waals surface area contributed by atoms with Crippen LogP contribution in [-0.4, -0.2) is 24.6 Å². The van der Waals surface area contributed by atoms with Crippen molar-refractivity contribution in [2.24, 2.45) is 11.1 Å². The molecule has 7 heteroatoms. The van der Waals surface area contributed by atoms with Crippen molar-refractivity contribution in [2.75, 3.05) is 24.5 Å². The molecule has 0 amide bonds. The van der Waals surface area contributed by atoms with Crippen LogP contribution in [0.15, 0.2) is 12.1 Å². The number of halogens is 2. The topological polar surface area (TPSA) is 72.4 Å². The summed E-state index contributed by atoms with van der Waals surface area (Å²) in [6, 6.07) is 2.86. The largest absolute Gasteiger partial charge is 0.365 e. The van der Waals surface area contributed by atoms with Crippen LogP contribution in [0.5, 0.6) is 0 Å². The van der Waals surface area contributed by atoms with Gasteiger partial charge in [0.2, 0.25) is 0 Å². The minimum atomic E-state index is -0.435. The number of hydrogen-bond donors (Lipinski definition) is 1. The number of benzene rings is 1. The molecular weight excluding hydrogens is 313 g/mol. The van der Waals surface area contributed by atoms with Gasteiger partial charge in [0, 0.05) is 19.2 Å². The van der Waals surface area contributed by atoms with E-state index in [9.17, 15) is 10.1 Å². The molecule has 0 radical (unpaired) electrons. The predicted octanol–water partition coefficient (Wildman–Crippen LogP) is 4.10. The van der Waals surface area contributed by atoms with E-state index >= 15 is 0 Å². The molecule has 0 aliphatic carbocycles. The van der Waals surface area contributed by atoms with Gasteiger partial charge in [0.05, 0.1) is 15.0 Å². The summed E-state index contributed by atoms with van der Waals surface area (Å²) >= 11 is 11.9. The third kappa shape index (κ3) is 4.73. The van der Waals surface area contributed by atoms with E-state index in [-0.39, 0.29) is 16.1 Å². The fraction of sp³-hybridized carbons (Fsp3) is 0.571. The monoisotopic (exact) mass is 333 g/mol. The van der Waals surface area contributed by atoms with Gasteiger partial charge in [0.15, 0.2) is 0 Å². The average molecular weight is 334 g/mol. The van der Waals surface area contributed by atoms with Gasteiger partial charge >= 0.3 is 0 Å². The quantitative estimate of drug-likeness (QED) is 0.602. The first-order chi connectivity index (χ1) is 9.71. The second-order valence-electron chi connectivity index (χ2n) is 5.80. The van der Waals surface area contributed by atoms with Crippen molar-refractivity contribution in [3.05, 3.63) is 32.3 Å². The van der Waals surface area contributed by atoms with E-state index in [0.717, 1.165) is 6.42 Å². The van der Waals surface area contributed by atoms with Crippen LogP contribution in [0, 0.1) is 15.5 Å². The van der Waals surface area contributed by atoms with Crippen molar-refractivity contribution in [1.29, 1.82) is 0 Å². The third-order valence-electron chi connectivity index (χ3n) is 3.22. The maximum atomic E-state index is 11.3. The highest BCUT2D eigenvalue weighted by Crippen LogP contribution is 2.37. The molecule has 5 nitrogen and oxygen atoms in total. The Morgan fingerprint density at radius 1 is 1.33 bits per heavy atom. The lowest BCUT2D eigenvalue weighted by Crippen LogP contribution is -2.39. The van der Waals surface area contributed by atoms with E-state index in [0.29, 0.717) is 30.3 Å². The van der Waals surface area contributed by atoms with Crippen LogP contribution in [0.25, 0.3) is 0 Å². The molecule has 0 unspecified atom stereocenters. The van der Waals surface area contributed by atoms with Gasteiger partial charge in [0.1, 0.15) is 5.69 Å². The van der Waals surface area contributed by atoms with Crippen LogP contribution < -0.4 is 10.6 Å². The zero-order valence-electron chi connectivity index (χ0n) is 12.5. The van der Waals surface area contributed by atoms with E-state index in [1.165, 1.54) is 6.07 Å². The van der Waals surface area contributed by atoms with E-state index in [1.807, 2.05) is 25.7 Å². The molecular formula is C14H21Cl2N3O2. The predicted molar refractivity (Wildman–Crippen MR) is 88.5 cm³/mol. The molecule has 118 valence electrons. The van der Waals surface area contributed by atoms with Gasteiger partial charge in [-0.2, -0.15) is 0 Å². The van der Waals surface area contributed by atoms with Crippen molar-refractivity contribution in [2.45, 2.75) is 27.2 Å². The molecule has 0 bridgehead atoms. The Hall–Kier alpha value is -1.04. The highest BCUT2D eigenvalue weighted by atomic mass is 35.5. The highest BCUT2D eigenvalue weighted by molar-refractivity contribution is 6.42. The number of nitrogens with zero attached hydrogens (tertiary/aromatic N) is 2. The molecule has 0 atom stereocenters. The van der Waals surface area contributed by atoms with Crippen molar-refractivity contribution in [3.8, 4) is 0 Å². The summed E-state index contributed by atoms with van der Waals surface area (Å²) < 4.78 is 0. The number of rotatable bonds is 7. The van der Waals surface area contributed by atoms with Crippen LogP contribution in [-0.2, 0) is 0 Å². The Balaban J connectivity index is 3.30. The molecule has 0 heterocycles. The fourth-order valence-electron chi connectivity index (χ4n) is 2.06. The van der Waals surface area contributed by atoms with Crippen LogP contribution >= 0.6 is 23.2 Å². The second-order valence-corrected chi connectivity index (χ2v) is 6.62. The summed E-state index contributed by atoms with van der Waals surface area (Å²) in [5.41, 5.74) is 6.06. The summed E-state index contributed by atoms with van der Waals surface area (Å²) in [7, 11) is 0. The minimum Gasteiger partial charge on any atom is -0.365 e. The number of nitro groups is 1. The lowest BCUT2D eigenvalue weighted by molar-refractivity contribution is -0.384. The van der Waals surface area contributed by atoms with Crippen LogP contribution in [0.4, 0.5) is 11.4 Å². The molecule has 2 N–H and O–H groups in total. The average Bonchev–Trinajstić information content (AvgIpc) is 2.40. The van der Waals surface area contributed by atoms with Crippen LogP contribution in [0.1, 0.15) is 27.2 Å². The Morgan fingerprint density at radius 2 is 1.90 bits per heavy atom. The first-order valence-corrected chi connectivity index (χ1v) is 7.56. The molecule has 0 aromatic heterocycles. The maximum Gasteiger partial charge on any atom is 0.294 e. The molecule has 1 rings (SSSR count). The zero-order chi connectivity index (χ0) is 16.2. The lowest BCUT2D eigenvalue weighted by atomic mass is 9.92. The lowest BCUT2D eigenvalue weighted by Gasteiger charge is -2.33. The SMILES string of the molecule is CCCN(CC(C)(C)CN)c1cc(Cl)c(Cl)cc1[N+](=O)[O-].